The summed E-state index contributed by atoms with van der Waals surface area (Å²) in [7, 11) is 0. The lowest BCUT2D eigenvalue weighted by molar-refractivity contribution is 0.249. The molecule has 3 rings (SSSR count). The van der Waals surface area contributed by atoms with Crippen LogP contribution >= 0.6 is 27.3 Å². The Morgan fingerprint density at radius 2 is 1.92 bits per heavy atom. The Morgan fingerprint density at radius 3 is 2.60 bits per heavy atom. The molecular formula is C19H20BrN3OS. The predicted molar refractivity (Wildman–Crippen MR) is 108 cm³/mol. The fraction of sp³-hybridized carbons (Fsp3) is 0.211. The van der Waals surface area contributed by atoms with E-state index in [0.717, 1.165) is 20.7 Å². The zero-order chi connectivity index (χ0) is 18.0. The van der Waals surface area contributed by atoms with Gasteiger partial charge < -0.3 is 15.2 Å². The van der Waals surface area contributed by atoms with Crippen molar-refractivity contribution in [2.45, 2.75) is 26.8 Å². The number of hydrogen-bond acceptors (Lipinski definition) is 2. The number of aryl methyl sites for hydroxylation is 1. The van der Waals surface area contributed by atoms with Crippen molar-refractivity contribution in [1.82, 2.24) is 9.88 Å². The number of hydrogen-bond donors (Lipinski definition) is 2. The van der Waals surface area contributed by atoms with Crippen LogP contribution in [-0.2, 0) is 0 Å². The van der Waals surface area contributed by atoms with Gasteiger partial charge in [0, 0.05) is 33.0 Å². The Balaban J connectivity index is 1.79. The smallest absolute Gasteiger partial charge is 0.319 e. The van der Waals surface area contributed by atoms with Crippen molar-refractivity contribution in [1.29, 1.82) is 0 Å². The van der Waals surface area contributed by atoms with Crippen LogP contribution in [0.2, 0.25) is 0 Å². The monoisotopic (exact) mass is 417 g/mol. The maximum Gasteiger partial charge on any atom is 0.319 e. The van der Waals surface area contributed by atoms with E-state index in [1.807, 2.05) is 55.7 Å². The first-order valence-electron chi connectivity index (χ1n) is 8.02. The molecule has 2 amide bonds. The van der Waals surface area contributed by atoms with Crippen molar-refractivity contribution in [2.75, 3.05) is 5.32 Å². The lowest BCUT2D eigenvalue weighted by Crippen LogP contribution is -2.31. The van der Waals surface area contributed by atoms with E-state index in [1.54, 1.807) is 11.3 Å². The number of thiophene rings is 1. The molecule has 0 saturated carbocycles. The van der Waals surface area contributed by atoms with Crippen LogP contribution in [0.1, 0.15) is 29.0 Å². The molecule has 0 saturated heterocycles. The van der Waals surface area contributed by atoms with Gasteiger partial charge in [0.1, 0.15) is 5.00 Å². The van der Waals surface area contributed by atoms with E-state index in [9.17, 15) is 4.79 Å². The highest BCUT2D eigenvalue weighted by Gasteiger charge is 2.20. The number of aromatic nitrogens is 1. The summed E-state index contributed by atoms with van der Waals surface area (Å²) in [5, 5.41) is 7.08. The largest absolute Gasteiger partial charge is 0.331 e. The highest BCUT2D eigenvalue weighted by Crippen LogP contribution is 2.35. The number of carbonyl (C=O) groups excluding carboxylic acids is 1. The second-order valence-electron chi connectivity index (χ2n) is 5.92. The fourth-order valence-corrected chi connectivity index (χ4v) is 4.42. The summed E-state index contributed by atoms with van der Waals surface area (Å²) in [5.41, 5.74) is 3.13. The average molecular weight is 418 g/mol. The van der Waals surface area contributed by atoms with E-state index in [4.69, 9.17) is 0 Å². The Labute approximate surface area is 160 Å². The predicted octanol–water partition coefficient (Wildman–Crippen LogP) is 5.80. The highest BCUT2D eigenvalue weighted by atomic mass is 79.9. The summed E-state index contributed by atoms with van der Waals surface area (Å²) in [6.45, 7) is 6.24. The molecule has 2 heterocycles. The van der Waals surface area contributed by atoms with E-state index in [2.05, 4.69) is 45.0 Å². The normalized spacial score (nSPS) is 12.0. The van der Waals surface area contributed by atoms with Crippen molar-refractivity contribution in [3.63, 3.8) is 0 Å². The van der Waals surface area contributed by atoms with Gasteiger partial charge in [-0.1, -0.05) is 22.0 Å². The molecule has 0 fully saturated rings. The summed E-state index contributed by atoms with van der Waals surface area (Å²) in [4.78, 5) is 13.6. The van der Waals surface area contributed by atoms with E-state index < -0.39 is 0 Å². The van der Waals surface area contributed by atoms with Crippen LogP contribution in [-0.4, -0.2) is 10.6 Å². The molecule has 0 aliphatic rings. The molecule has 0 spiro atoms. The van der Waals surface area contributed by atoms with Crippen molar-refractivity contribution in [2.24, 2.45) is 0 Å². The van der Waals surface area contributed by atoms with E-state index in [0.29, 0.717) is 0 Å². The Bertz CT molecular complexity index is 886. The van der Waals surface area contributed by atoms with Gasteiger partial charge in [-0.05, 0) is 56.7 Å². The van der Waals surface area contributed by atoms with Gasteiger partial charge in [0.05, 0.1) is 6.04 Å². The number of nitrogens with one attached hydrogen (secondary N) is 2. The molecule has 2 N–H and O–H groups in total. The lowest BCUT2D eigenvalue weighted by Gasteiger charge is -2.17. The van der Waals surface area contributed by atoms with Crippen LogP contribution in [0.3, 0.4) is 0 Å². The Morgan fingerprint density at radius 1 is 1.20 bits per heavy atom. The number of benzene rings is 1. The fourth-order valence-electron chi connectivity index (χ4n) is 2.80. The van der Waals surface area contributed by atoms with Crippen LogP contribution < -0.4 is 10.6 Å². The van der Waals surface area contributed by atoms with Gasteiger partial charge >= 0.3 is 6.03 Å². The van der Waals surface area contributed by atoms with Crippen LogP contribution in [0.5, 0.6) is 0 Å². The molecule has 6 heteroatoms. The number of urea groups is 1. The van der Waals surface area contributed by atoms with Crippen LogP contribution in [0, 0.1) is 13.8 Å². The van der Waals surface area contributed by atoms with Crippen molar-refractivity contribution in [3.8, 4) is 5.00 Å². The number of amides is 2. The zero-order valence-electron chi connectivity index (χ0n) is 14.3. The molecule has 0 radical (unpaired) electrons. The molecule has 130 valence electrons. The number of anilines is 1. The molecule has 0 aliphatic carbocycles. The summed E-state index contributed by atoms with van der Waals surface area (Å²) in [6.07, 6.45) is 4.06. The first kappa shape index (κ1) is 17.8. The molecule has 1 unspecified atom stereocenters. The van der Waals surface area contributed by atoms with Gasteiger partial charge in [-0.2, -0.15) is 0 Å². The lowest BCUT2D eigenvalue weighted by atomic mass is 10.1. The van der Waals surface area contributed by atoms with Crippen LogP contribution in [0.4, 0.5) is 10.5 Å². The maximum absolute atomic E-state index is 12.4. The molecule has 0 aliphatic heterocycles. The average Bonchev–Trinajstić information content (AvgIpc) is 3.16. The maximum atomic E-state index is 12.4. The second kappa shape index (κ2) is 7.45. The number of carbonyl (C=O) groups is 1. The van der Waals surface area contributed by atoms with E-state index in [-0.39, 0.29) is 12.1 Å². The Hall–Kier alpha value is -2.05. The second-order valence-corrected chi connectivity index (χ2v) is 8.04. The van der Waals surface area contributed by atoms with E-state index >= 15 is 0 Å². The van der Waals surface area contributed by atoms with Crippen molar-refractivity contribution >= 4 is 39.0 Å². The summed E-state index contributed by atoms with van der Waals surface area (Å²) < 4.78 is 3.03. The summed E-state index contributed by atoms with van der Waals surface area (Å²) >= 11 is 5.16. The number of rotatable bonds is 4. The standard InChI is InChI=1S/C19H20BrN3OS/c1-12-14(3)25-18(23-9-4-5-10-23)17(12)13(2)21-19(24)22-16-8-6-7-15(20)11-16/h4-11,13H,1-3H3,(H2,21,22,24). The zero-order valence-corrected chi connectivity index (χ0v) is 16.7. The summed E-state index contributed by atoms with van der Waals surface area (Å²) in [5.74, 6) is 0. The SMILES string of the molecule is Cc1sc(-n2cccc2)c(C(C)NC(=O)Nc2cccc(Br)c2)c1C. The first-order chi connectivity index (χ1) is 12.0. The molecular weight excluding hydrogens is 398 g/mol. The summed E-state index contributed by atoms with van der Waals surface area (Å²) in [6, 6.07) is 11.2. The van der Waals surface area contributed by atoms with Crippen molar-refractivity contribution in [3.05, 3.63) is 69.3 Å². The van der Waals surface area contributed by atoms with Crippen LogP contribution in [0.15, 0.2) is 53.3 Å². The molecule has 1 aromatic carbocycles. The number of nitrogens with zero attached hydrogens (tertiary/aromatic N) is 1. The molecule has 3 aromatic rings. The minimum absolute atomic E-state index is 0.102. The van der Waals surface area contributed by atoms with E-state index in [1.165, 1.54) is 10.4 Å². The Kier molecular flexibility index (Phi) is 5.30. The van der Waals surface area contributed by atoms with Gasteiger partial charge in [0.2, 0.25) is 0 Å². The highest BCUT2D eigenvalue weighted by molar-refractivity contribution is 9.10. The van der Waals surface area contributed by atoms with Crippen LogP contribution in [0.25, 0.3) is 5.00 Å². The van der Waals surface area contributed by atoms with Gasteiger partial charge in [-0.25, -0.2) is 4.79 Å². The van der Waals surface area contributed by atoms with Crippen molar-refractivity contribution < 1.29 is 4.79 Å². The first-order valence-corrected chi connectivity index (χ1v) is 9.63. The minimum atomic E-state index is -0.215. The third-order valence-electron chi connectivity index (χ3n) is 4.11. The van der Waals surface area contributed by atoms with Gasteiger partial charge in [-0.15, -0.1) is 11.3 Å². The third-order valence-corrected chi connectivity index (χ3v) is 5.84. The quantitative estimate of drug-likeness (QED) is 0.553. The van der Waals surface area contributed by atoms with Gasteiger partial charge in [-0.3, -0.25) is 0 Å². The van der Waals surface area contributed by atoms with Gasteiger partial charge in [0.25, 0.3) is 0 Å². The molecule has 1 atom stereocenters. The molecule has 0 bridgehead atoms. The minimum Gasteiger partial charge on any atom is -0.331 e. The topological polar surface area (TPSA) is 46.1 Å². The molecule has 2 aromatic heterocycles. The third kappa shape index (κ3) is 3.96. The molecule has 4 nitrogen and oxygen atoms in total. The van der Waals surface area contributed by atoms with Gasteiger partial charge in [0.15, 0.2) is 0 Å². The number of halogens is 1. The molecule has 25 heavy (non-hydrogen) atoms.